The Morgan fingerprint density at radius 1 is 1.44 bits per heavy atom. The third-order valence-corrected chi connectivity index (χ3v) is 5.24. The Labute approximate surface area is 160 Å². The van der Waals surface area contributed by atoms with Crippen LogP contribution >= 0.6 is 0 Å². The molecule has 1 aliphatic heterocycles. The fraction of sp³-hybridized carbons (Fsp3) is 0.500. The van der Waals surface area contributed by atoms with Crippen LogP contribution in [0.2, 0.25) is 0 Å². The van der Waals surface area contributed by atoms with Gasteiger partial charge < -0.3 is 15.8 Å². The van der Waals surface area contributed by atoms with E-state index in [2.05, 4.69) is 10.3 Å². The third kappa shape index (κ3) is 4.46. The summed E-state index contributed by atoms with van der Waals surface area (Å²) in [7, 11) is -4.68. The number of anilines is 1. The van der Waals surface area contributed by atoms with Crippen molar-refractivity contribution in [3.05, 3.63) is 29.3 Å². The number of nitrogens with two attached hydrogens (primary N) is 1. The Morgan fingerprint density at radius 3 is 2.63 bits per heavy atom. The molecule has 0 saturated carbocycles. The highest BCUT2D eigenvalue weighted by molar-refractivity contribution is 7.89. The number of aliphatic imine (C=N–C) groups is 1. The summed E-state index contributed by atoms with van der Waals surface area (Å²) in [6.07, 6.45) is -1.28. The van der Waals surface area contributed by atoms with Gasteiger partial charge in [0.2, 0.25) is 16.0 Å². The molecule has 1 atom stereocenters. The molecule has 27 heavy (non-hydrogen) atoms. The van der Waals surface area contributed by atoms with E-state index in [1.165, 1.54) is 27.7 Å². The Kier molecular flexibility index (Phi) is 4.10. The third-order valence-electron chi connectivity index (χ3n) is 3.56. The molecule has 0 spiro atoms. The first-order valence-electron chi connectivity index (χ1n) is 9.24. The lowest BCUT2D eigenvalue weighted by molar-refractivity contribution is 0.0602. The summed E-state index contributed by atoms with van der Waals surface area (Å²) in [5.41, 5.74) is 1.98. The van der Waals surface area contributed by atoms with Gasteiger partial charge in [0.05, 0.1) is 11.3 Å². The minimum absolute atomic E-state index is 0.0633. The first-order valence-corrected chi connectivity index (χ1v) is 9.35. The topological polar surface area (TPSA) is 114 Å². The molecule has 2 rings (SSSR count). The summed E-state index contributed by atoms with van der Waals surface area (Å²) in [4.78, 5) is 15.6. The average molecular weight is 407 g/mol. The number of ether oxygens (including phenoxy) is 1. The number of halogens is 2. The number of benzene rings is 1. The molecular formula is C16H22F2N4O4S. The molecule has 1 amide bonds. The van der Waals surface area contributed by atoms with Gasteiger partial charge in [-0.1, -0.05) is 0 Å². The van der Waals surface area contributed by atoms with E-state index in [4.69, 9.17) is 14.6 Å². The summed E-state index contributed by atoms with van der Waals surface area (Å²) in [6, 6.07) is 1.72. The zero-order valence-corrected chi connectivity index (χ0v) is 15.9. The minimum atomic E-state index is -4.68. The van der Waals surface area contributed by atoms with Crippen LogP contribution in [0.3, 0.4) is 0 Å². The number of carbonyl (C=O) groups excluding carboxylic acids is 1. The largest absolute Gasteiger partial charge is 0.442 e. The molecule has 1 heterocycles. The van der Waals surface area contributed by atoms with Gasteiger partial charge in [-0.2, -0.15) is 0 Å². The highest BCUT2D eigenvalue weighted by Crippen LogP contribution is 2.32. The molecule has 1 aromatic carbocycles. The standard InChI is InChI=1S/C16H22F2N4O4S/c1-15(2,3)26-14(23)20-13-21-16(4,8-27(24,25)22(13)5)10-6-9(19)7-11(17)12(10)18/h6-7H,8,19H2,1-5H3,(H,20,21,23)/t16-/m0/s1/i5D3. The molecule has 1 aliphatic rings. The zero-order valence-electron chi connectivity index (χ0n) is 18.1. The molecule has 150 valence electrons. The molecule has 8 nitrogen and oxygen atoms in total. The number of hydrogen-bond donors (Lipinski definition) is 2. The van der Waals surface area contributed by atoms with Crippen molar-refractivity contribution in [3.63, 3.8) is 0 Å². The maximum Gasteiger partial charge on any atom is 0.437 e. The zero-order chi connectivity index (χ0) is 23.3. The predicted octanol–water partition coefficient (Wildman–Crippen LogP) is 1.92. The van der Waals surface area contributed by atoms with Crippen molar-refractivity contribution < 1.29 is 30.8 Å². The van der Waals surface area contributed by atoms with Gasteiger partial charge in [-0.3, -0.25) is 0 Å². The van der Waals surface area contributed by atoms with Gasteiger partial charge in [-0.15, -0.1) is 4.99 Å². The second-order valence-electron chi connectivity index (χ2n) is 7.26. The van der Waals surface area contributed by atoms with Gasteiger partial charge in [0, 0.05) is 22.3 Å². The van der Waals surface area contributed by atoms with E-state index in [-0.39, 0.29) is 9.99 Å². The Bertz CT molecular complexity index is 1010. The van der Waals surface area contributed by atoms with Gasteiger partial charge in [0.25, 0.3) is 0 Å². The first kappa shape index (κ1) is 16.7. The van der Waals surface area contributed by atoms with Crippen LogP contribution in [-0.4, -0.2) is 43.1 Å². The number of nitrogens with one attached hydrogen (secondary N) is 1. The molecule has 0 aromatic heterocycles. The smallest absolute Gasteiger partial charge is 0.437 e. The van der Waals surface area contributed by atoms with E-state index < -0.39 is 63.1 Å². The van der Waals surface area contributed by atoms with Gasteiger partial charge in [-0.05, 0) is 39.8 Å². The molecule has 11 heteroatoms. The van der Waals surface area contributed by atoms with Crippen LogP contribution in [0.1, 0.15) is 37.4 Å². The van der Waals surface area contributed by atoms with Gasteiger partial charge in [0.15, 0.2) is 11.6 Å². The quantitative estimate of drug-likeness (QED) is 0.688. The number of sulfonamides is 1. The Morgan fingerprint density at radius 2 is 2.07 bits per heavy atom. The molecule has 0 unspecified atom stereocenters. The van der Waals surface area contributed by atoms with Gasteiger partial charge >= 0.3 is 6.09 Å². The van der Waals surface area contributed by atoms with Crippen LogP contribution < -0.4 is 11.1 Å². The highest BCUT2D eigenvalue weighted by atomic mass is 32.2. The van der Waals surface area contributed by atoms with E-state index in [0.717, 1.165) is 6.07 Å². The monoisotopic (exact) mass is 407 g/mol. The fourth-order valence-electron chi connectivity index (χ4n) is 2.50. The van der Waals surface area contributed by atoms with Crippen molar-refractivity contribution in [3.8, 4) is 0 Å². The maximum absolute atomic E-state index is 14.5. The number of amides is 1. The van der Waals surface area contributed by atoms with Crippen LogP contribution in [0.25, 0.3) is 0 Å². The van der Waals surface area contributed by atoms with Crippen molar-refractivity contribution in [2.75, 3.05) is 18.5 Å². The number of rotatable bonds is 1. The SMILES string of the molecule is [2H]C([2H])([2H])N1/C(=N\C(=O)OC(C)(C)C)N[C@](C)(c2cc(N)cc(F)c2F)CS1(=O)=O. The summed E-state index contributed by atoms with van der Waals surface area (Å²) in [5.74, 6) is -4.60. The van der Waals surface area contributed by atoms with E-state index in [0.29, 0.717) is 6.07 Å². The van der Waals surface area contributed by atoms with Crippen molar-refractivity contribution in [1.29, 1.82) is 0 Å². The van der Waals surface area contributed by atoms with Crippen LogP contribution in [-0.2, 0) is 20.3 Å². The predicted molar refractivity (Wildman–Crippen MR) is 96.5 cm³/mol. The van der Waals surface area contributed by atoms with Crippen molar-refractivity contribution in [2.45, 2.75) is 38.8 Å². The number of guanidine groups is 1. The van der Waals surface area contributed by atoms with Crippen LogP contribution in [0.5, 0.6) is 0 Å². The highest BCUT2D eigenvalue weighted by Gasteiger charge is 2.44. The molecule has 0 bridgehead atoms. The second kappa shape index (κ2) is 6.63. The molecule has 1 fully saturated rings. The molecule has 0 radical (unpaired) electrons. The van der Waals surface area contributed by atoms with E-state index in [1.807, 2.05) is 0 Å². The molecule has 0 aliphatic carbocycles. The molecule has 1 aromatic rings. The first-order chi connectivity index (χ1) is 13.4. The van der Waals surface area contributed by atoms with E-state index in [1.54, 1.807) is 0 Å². The number of nitrogens with zero attached hydrogens (tertiary/aromatic N) is 2. The lowest BCUT2D eigenvalue weighted by Gasteiger charge is -2.40. The Balaban J connectivity index is 2.67. The van der Waals surface area contributed by atoms with Gasteiger partial charge in [-0.25, -0.2) is 26.3 Å². The second-order valence-corrected chi connectivity index (χ2v) is 9.08. The normalized spacial score (nSPS) is 25.9. The summed E-state index contributed by atoms with van der Waals surface area (Å²) in [6.45, 7) is 2.49. The summed E-state index contributed by atoms with van der Waals surface area (Å²) >= 11 is 0. The lowest BCUT2D eigenvalue weighted by atomic mass is 9.92. The van der Waals surface area contributed by atoms with Crippen LogP contribution in [0.4, 0.5) is 19.3 Å². The minimum Gasteiger partial charge on any atom is -0.442 e. The van der Waals surface area contributed by atoms with Gasteiger partial charge in [0.1, 0.15) is 5.60 Å². The molecule has 3 N–H and O–H groups in total. The summed E-state index contributed by atoms with van der Waals surface area (Å²) in [5, 5.41) is 2.44. The van der Waals surface area contributed by atoms with Crippen molar-refractivity contribution in [2.24, 2.45) is 4.99 Å². The number of nitrogen functional groups attached to an aromatic ring is 1. The maximum atomic E-state index is 14.5. The van der Waals surface area contributed by atoms with Crippen LogP contribution in [0, 0.1) is 11.6 Å². The fourth-order valence-corrected chi connectivity index (χ4v) is 3.93. The van der Waals surface area contributed by atoms with E-state index in [9.17, 15) is 22.0 Å². The summed E-state index contributed by atoms with van der Waals surface area (Å²) < 4.78 is 81.5. The molecular weight excluding hydrogens is 382 g/mol. The van der Waals surface area contributed by atoms with Crippen molar-refractivity contribution in [1.82, 2.24) is 9.62 Å². The van der Waals surface area contributed by atoms with E-state index >= 15 is 0 Å². The number of carbonyl (C=O) groups is 1. The van der Waals surface area contributed by atoms with Crippen molar-refractivity contribution >= 4 is 27.8 Å². The molecule has 1 saturated heterocycles. The number of hydrogen-bond acceptors (Lipinski definition) is 5. The Hall–Kier alpha value is -2.43. The van der Waals surface area contributed by atoms with Crippen LogP contribution in [0.15, 0.2) is 17.1 Å². The average Bonchev–Trinajstić information content (AvgIpc) is 2.45. The lowest BCUT2D eigenvalue weighted by Crippen LogP contribution is -2.61.